The second kappa shape index (κ2) is 7.81. The van der Waals surface area contributed by atoms with Gasteiger partial charge in [-0.3, -0.25) is 4.57 Å². The number of rotatable bonds is 5. The minimum atomic E-state index is -4.89. The van der Waals surface area contributed by atoms with Crippen LogP contribution < -0.4 is 5.73 Å². The van der Waals surface area contributed by atoms with Crippen LogP contribution in [0.5, 0.6) is 0 Å². The summed E-state index contributed by atoms with van der Waals surface area (Å²) in [5.41, 5.74) is 6.27. The highest BCUT2D eigenvalue weighted by Gasteiger charge is 2.45. The van der Waals surface area contributed by atoms with Crippen molar-refractivity contribution in [1.82, 2.24) is 19.5 Å². The normalized spacial score (nSPS) is 23.8. The number of hydrogen-bond donors (Lipinski definition) is 3. The standard InChI is InChI=1S/C17H16FN5O7S/c18-31(27,28)9-3-1-8(2-4-9)17(26)29-5-10-12(24)13(25)16(30-10)23-7-22-11-14(19)20-6-21-15(11)23/h1-4,6-7,10,12-13,16,24-25H,5H2,(H2,19,20,21)/t10-,12?,13?,16-/m1/s1. The van der Waals surface area contributed by atoms with Crippen molar-refractivity contribution in [3.8, 4) is 0 Å². The summed E-state index contributed by atoms with van der Waals surface area (Å²) in [4.78, 5) is 23.5. The van der Waals surface area contributed by atoms with Gasteiger partial charge in [-0.15, -0.1) is 3.89 Å². The van der Waals surface area contributed by atoms with Crippen LogP contribution >= 0.6 is 0 Å². The second-order valence-electron chi connectivity index (χ2n) is 6.69. The van der Waals surface area contributed by atoms with Crippen LogP contribution in [0.4, 0.5) is 9.70 Å². The fourth-order valence-corrected chi connectivity index (χ4v) is 3.61. The van der Waals surface area contributed by atoms with Gasteiger partial charge in [-0.25, -0.2) is 19.7 Å². The molecule has 3 aromatic rings. The Labute approximate surface area is 174 Å². The van der Waals surface area contributed by atoms with E-state index in [9.17, 15) is 27.3 Å². The molecule has 164 valence electrons. The fraction of sp³-hybridized carbons (Fsp3) is 0.294. The highest BCUT2D eigenvalue weighted by atomic mass is 32.3. The monoisotopic (exact) mass is 453 g/mol. The van der Waals surface area contributed by atoms with Crippen molar-refractivity contribution < 1.29 is 36.8 Å². The number of halogens is 1. The van der Waals surface area contributed by atoms with Crippen LogP contribution in [0.2, 0.25) is 0 Å². The molecule has 0 aliphatic carbocycles. The number of ether oxygens (including phenoxy) is 2. The number of hydrogen-bond acceptors (Lipinski definition) is 11. The highest BCUT2D eigenvalue weighted by Crippen LogP contribution is 2.32. The Morgan fingerprint density at radius 2 is 1.90 bits per heavy atom. The number of nitrogen functional groups attached to an aromatic ring is 1. The molecule has 0 radical (unpaired) electrons. The Morgan fingerprint density at radius 3 is 2.58 bits per heavy atom. The van der Waals surface area contributed by atoms with Crippen LogP contribution in [0.1, 0.15) is 16.6 Å². The third-order valence-corrected chi connectivity index (χ3v) is 5.58. The van der Waals surface area contributed by atoms with Gasteiger partial charge >= 0.3 is 16.2 Å². The topological polar surface area (TPSA) is 180 Å². The van der Waals surface area contributed by atoms with Crippen molar-refractivity contribution in [1.29, 1.82) is 0 Å². The second-order valence-corrected chi connectivity index (χ2v) is 8.04. The van der Waals surface area contributed by atoms with Crippen molar-refractivity contribution in [2.24, 2.45) is 0 Å². The van der Waals surface area contributed by atoms with Crippen LogP contribution in [0.25, 0.3) is 11.2 Å². The van der Waals surface area contributed by atoms with E-state index in [1.54, 1.807) is 0 Å². The highest BCUT2D eigenvalue weighted by molar-refractivity contribution is 7.86. The van der Waals surface area contributed by atoms with Crippen molar-refractivity contribution in [3.63, 3.8) is 0 Å². The maximum absolute atomic E-state index is 12.9. The van der Waals surface area contributed by atoms with Gasteiger partial charge in [0.1, 0.15) is 36.8 Å². The van der Waals surface area contributed by atoms with E-state index < -0.39 is 52.2 Å². The zero-order valence-corrected chi connectivity index (χ0v) is 16.4. The number of carbonyl (C=O) groups excluding carboxylic acids is 1. The molecule has 4 atom stereocenters. The first-order chi connectivity index (χ1) is 14.7. The van der Waals surface area contributed by atoms with E-state index in [1.165, 1.54) is 17.2 Å². The van der Waals surface area contributed by atoms with Gasteiger partial charge in [-0.1, -0.05) is 0 Å². The molecule has 2 unspecified atom stereocenters. The third kappa shape index (κ3) is 3.93. The van der Waals surface area contributed by atoms with Gasteiger partial charge in [0.05, 0.1) is 16.8 Å². The van der Waals surface area contributed by atoms with Gasteiger partial charge in [-0.05, 0) is 24.3 Å². The van der Waals surface area contributed by atoms with Crippen molar-refractivity contribution in [3.05, 3.63) is 42.5 Å². The molecule has 14 heteroatoms. The molecule has 2 aromatic heterocycles. The smallest absolute Gasteiger partial charge is 0.338 e. The third-order valence-electron chi connectivity index (χ3n) is 4.75. The largest absolute Gasteiger partial charge is 0.459 e. The Balaban J connectivity index is 1.45. The van der Waals surface area contributed by atoms with Crippen LogP contribution in [0.15, 0.2) is 41.8 Å². The summed E-state index contributed by atoms with van der Waals surface area (Å²) in [7, 11) is -4.89. The molecule has 1 aliphatic heterocycles. The van der Waals surface area contributed by atoms with E-state index in [2.05, 4.69) is 15.0 Å². The van der Waals surface area contributed by atoms with Gasteiger partial charge in [0.15, 0.2) is 17.7 Å². The lowest BCUT2D eigenvalue weighted by Crippen LogP contribution is -2.34. The number of aromatic nitrogens is 4. The zero-order chi connectivity index (χ0) is 22.3. The minimum absolute atomic E-state index is 0.0373. The van der Waals surface area contributed by atoms with Crippen LogP contribution in [0.3, 0.4) is 0 Å². The van der Waals surface area contributed by atoms with E-state index in [1.807, 2.05) is 0 Å². The summed E-state index contributed by atoms with van der Waals surface area (Å²) < 4.78 is 46.7. The first-order valence-electron chi connectivity index (χ1n) is 8.83. The van der Waals surface area contributed by atoms with Gasteiger partial charge < -0.3 is 25.4 Å². The molecule has 4 rings (SSSR count). The van der Waals surface area contributed by atoms with Crippen LogP contribution in [0, 0.1) is 0 Å². The number of carbonyl (C=O) groups is 1. The molecule has 4 N–H and O–H groups in total. The van der Waals surface area contributed by atoms with E-state index >= 15 is 0 Å². The van der Waals surface area contributed by atoms with Crippen molar-refractivity contribution in [2.45, 2.75) is 29.4 Å². The lowest BCUT2D eigenvalue weighted by atomic mass is 10.1. The molecular formula is C17H16FN5O7S. The molecule has 0 spiro atoms. The molecule has 0 amide bonds. The van der Waals surface area contributed by atoms with E-state index in [-0.39, 0.29) is 17.0 Å². The lowest BCUT2D eigenvalue weighted by Gasteiger charge is -2.16. The fourth-order valence-electron chi connectivity index (χ4n) is 3.15. The van der Waals surface area contributed by atoms with Crippen molar-refractivity contribution >= 4 is 33.2 Å². The predicted octanol–water partition coefficient (Wildman–Crippen LogP) is -0.457. The number of nitrogens with two attached hydrogens (primary N) is 1. The number of fused-ring (bicyclic) bond motifs is 1. The van der Waals surface area contributed by atoms with E-state index in [0.29, 0.717) is 5.52 Å². The predicted molar refractivity (Wildman–Crippen MR) is 101 cm³/mol. The Hall–Kier alpha value is -3.20. The van der Waals surface area contributed by atoms with Gasteiger partial charge in [0, 0.05) is 0 Å². The summed E-state index contributed by atoms with van der Waals surface area (Å²) in [6.07, 6.45) is -2.39. The number of aliphatic hydroxyl groups is 2. The minimum Gasteiger partial charge on any atom is -0.459 e. The molecule has 0 saturated carbocycles. The number of esters is 1. The maximum Gasteiger partial charge on any atom is 0.338 e. The maximum atomic E-state index is 12.9. The molecule has 1 saturated heterocycles. The molecular weight excluding hydrogens is 437 g/mol. The average Bonchev–Trinajstić information content (AvgIpc) is 3.28. The SMILES string of the molecule is Nc1ncnc2c1ncn2[C@@H]1O[C@H](COC(=O)c2ccc(S(=O)(=O)F)cc2)C(O)C1O. The molecule has 1 aliphatic rings. The first-order valence-corrected chi connectivity index (χ1v) is 10.2. The first kappa shape index (κ1) is 21.0. The van der Waals surface area contributed by atoms with Gasteiger partial charge in [0.2, 0.25) is 0 Å². The Morgan fingerprint density at radius 1 is 1.19 bits per heavy atom. The molecule has 31 heavy (non-hydrogen) atoms. The molecule has 12 nitrogen and oxygen atoms in total. The van der Waals surface area contributed by atoms with E-state index in [4.69, 9.17) is 15.2 Å². The Kier molecular flexibility index (Phi) is 5.30. The molecule has 1 fully saturated rings. The molecule has 3 heterocycles. The average molecular weight is 453 g/mol. The van der Waals surface area contributed by atoms with E-state index in [0.717, 1.165) is 24.3 Å². The summed E-state index contributed by atoms with van der Waals surface area (Å²) >= 11 is 0. The summed E-state index contributed by atoms with van der Waals surface area (Å²) in [5.74, 6) is -0.723. The molecule has 1 aromatic carbocycles. The quantitative estimate of drug-likeness (QED) is 0.336. The van der Waals surface area contributed by atoms with Crippen molar-refractivity contribution in [2.75, 3.05) is 12.3 Å². The van der Waals surface area contributed by atoms with Gasteiger partial charge in [0.25, 0.3) is 0 Å². The summed E-state index contributed by atoms with van der Waals surface area (Å²) in [5, 5.41) is 20.7. The number of imidazole rings is 1. The molecule has 0 bridgehead atoms. The van der Waals surface area contributed by atoms with Gasteiger partial charge in [-0.2, -0.15) is 8.42 Å². The number of aliphatic hydroxyl groups excluding tert-OH is 2. The lowest BCUT2D eigenvalue weighted by molar-refractivity contribution is -0.0565. The van der Waals surface area contributed by atoms with Crippen LogP contribution in [-0.4, -0.2) is 69.0 Å². The van der Waals surface area contributed by atoms with Crippen LogP contribution in [-0.2, 0) is 19.7 Å². The number of nitrogens with zero attached hydrogens (tertiary/aromatic N) is 4. The zero-order valence-electron chi connectivity index (χ0n) is 15.6. The Bertz CT molecular complexity index is 1230. The summed E-state index contributed by atoms with van der Waals surface area (Å²) in [6, 6.07) is 4.01. The number of benzene rings is 1. The number of anilines is 1. The summed E-state index contributed by atoms with van der Waals surface area (Å²) in [6.45, 7) is -0.416.